The van der Waals surface area contributed by atoms with Gasteiger partial charge in [0.25, 0.3) is 5.91 Å². The Morgan fingerprint density at radius 1 is 1.21 bits per heavy atom. The zero-order chi connectivity index (χ0) is 20.3. The summed E-state index contributed by atoms with van der Waals surface area (Å²) >= 11 is 0. The van der Waals surface area contributed by atoms with Gasteiger partial charge in [0.05, 0.1) is 11.8 Å². The summed E-state index contributed by atoms with van der Waals surface area (Å²) in [6, 6.07) is 7.66. The van der Waals surface area contributed by atoms with Gasteiger partial charge in [-0.1, -0.05) is 12.1 Å². The topological polar surface area (TPSA) is 77.3 Å². The molecule has 0 atom stereocenters. The molecule has 2 heterocycles. The maximum absolute atomic E-state index is 12.9. The van der Waals surface area contributed by atoms with E-state index in [0.29, 0.717) is 12.2 Å². The van der Waals surface area contributed by atoms with E-state index in [1.165, 1.54) is 23.2 Å². The average Bonchev–Trinajstić information content (AvgIpc) is 3.11. The number of aromatic nitrogens is 3. The summed E-state index contributed by atoms with van der Waals surface area (Å²) in [5.41, 5.74) is 1.71. The number of carbonyl (C=O) groups excluding carboxylic acids is 2. The largest absolute Gasteiger partial charge is 0.452 e. The van der Waals surface area contributed by atoms with Crippen LogP contribution in [0.25, 0.3) is 11.0 Å². The van der Waals surface area contributed by atoms with Gasteiger partial charge in [-0.05, 0) is 37.6 Å². The van der Waals surface area contributed by atoms with Gasteiger partial charge in [0.15, 0.2) is 12.3 Å². The Balaban J connectivity index is 1.59. The maximum atomic E-state index is 12.9. The molecule has 8 heteroatoms. The lowest BCUT2D eigenvalue weighted by molar-refractivity contribution is -0.133. The molecule has 0 radical (unpaired) electrons. The molecule has 0 unspecified atom stereocenters. The molecule has 28 heavy (non-hydrogen) atoms. The Labute approximate surface area is 161 Å². The Morgan fingerprint density at radius 3 is 2.61 bits per heavy atom. The summed E-state index contributed by atoms with van der Waals surface area (Å²) in [5, 5.41) is 4.98. The molecule has 0 saturated carbocycles. The van der Waals surface area contributed by atoms with Crippen molar-refractivity contribution in [3.63, 3.8) is 0 Å². The lowest BCUT2D eigenvalue weighted by atomic mass is 10.2. The predicted octanol–water partition coefficient (Wildman–Crippen LogP) is 2.97. The van der Waals surface area contributed by atoms with E-state index in [4.69, 9.17) is 4.74 Å². The molecule has 0 aliphatic carbocycles. The summed E-state index contributed by atoms with van der Waals surface area (Å²) in [6.07, 6.45) is 3.05. The number of fused-ring (bicyclic) bond motifs is 1. The molecule has 7 nitrogen and oxygen atoms in total. The first kappa shape index (κ1) is 19.5. The lowest BCUT2D eigenvalue weighted by Crippen LogP contribution is -2.30. The third-order valence-electron chi connectivity index (χ3n) is 4.24. The second kappa shape index (κ2) is 8.16. The molecule has 1 aromatic carbocycles. The minimum absolute atomic E-state index is 0.150. The minimum Gasteiger partial charge on any atom is -0.452 e. The number of halogens is 1. The van der Waals surface area contributed by atoms with E-state index in [0.717, 1.165) is 10.9 Å². The van der Waals surface area contributed by atoms with Crippen LogP contribution < -0.4 is 0 Å². The standard InChI is InChI=1S/C20H21FN4O3/c1-13(2)25-19-15(10-23-25)8-16(9-22-19)20(27)28-12-18(26)24(3)11-14-4-6-17(21)7-5-14/h4-10,13H,11-12H2,1-3H3. The number of benzene rings is 1. The SMILES string of the molecule is CC(C)n1ncc2cc(C(=O)OCC(=O)N(C)Cc3ccc(F)cc3)cnc21. The van der Waals surface area contributed by atoms with Gasteiger partial charge in [-0.15, -0.1) is 0 Å². The van der Waals surface area contributed by atoms with E-state index in [1.54, 1.807) is 36.1 Å². The Kier molecular flexibility index (Phi) is 5.67. The fourth-order valence-corrected chi connectivity index (χ4v) is 2.70. The summed E-state index contributed by atoms with van der Waals surface area (Å²) < 4.78 is 19.8. The van der Waals surface area contributed by atoms with E-state index in [1.807, 2.05) is 13.8 Å². The van der Waals surface area contributed by atoms with Crippen LogP contribution in [0.4, 0.5) is 4.39 Å². The first-order chi connectivity index (χ1) is 13.3. The van der Waals surface area contributed by atoms with Gasteiger partial charge in [-0.3, -0.25) is 4.79 Å². The number of carbonyl (C=O) groups is 2. The highest BCUT2D eigenvalue weighted by Gasteiger charge is 2.16. The Hall–Kier alpha value is -3.29. The summed E-state index contributed by atoms with van der Waals surface area (Å²) in [6.45, 7) is 3.88. The predicted molar refractivity (Wildman–Crippen MR) is 101 cm³/mol. The summed E-state index contributed by atoms with van der Waals surface area (Å²) in [5.74, 6) is -1.33. The fourth-order valence-electron chi connectivity index (χ4n) is 2.70. The first-order valence-corrected chi connectivity index (χ1v) is 8.84. The molecule has 3 aromatic rings. The number of amides is 1. The van der Waals surface area contributed by atoms with Crippen molar-refractivity contribution in [2.24, 2.45) is 0 Å². The highest BCUT2D eigenvalue weighted by molar-refractivity contribution is 5.94. The third kappa shape index (κ3) is 4.33. The van der Waals surface area contributed by atoms with Gasteiger partial charge >= 0.3 is 5.97 Å². The number of esters is 1. The quantitative estimate of drug-likeness (QED) is 0.611. The molecule has 1 amide bonds. The second-order valence-electron chi connectivity index (χ2n) is 6.77. The van der Waals surface area contributed by atoms with Crippen molar-refractivity contribution in [2.45, 2.75) is 26.4 Å². The van der Waals surface area contributed by atoms with Gasteiger partial charge in [-0.25, -0.2) is 18.9 Å². The van der Waals surface area contributed by atoms with Crippen molar-refractivity contribution < 1.29 is 18.7 Å². The second-order valence-corrected chi connectivity index (χ2v) is 6.77. The Bertz CT molecular complexity index is 998. The molecule has 0 aliphatic rings. The van der Waals surface area contributed by atoms with Gasteiger partial charge in [-0.2, -0.15) is 5.10 Å². The van der Waals surface area contributed by atoms with Crippen molar-refractivity contribution in [1.82, 2.24) is 19.7 Å². The van der Waals surface area contributed by atoms with Gasteiger partial charge in [0.2, 0.25) is 0 Å². The van der Waals surface area contributed by atoms with Crippen LogP contribution in [0, 0.1) is 5.82 Å². The molecule has 0 fully saturated rings. The van der Waals surface area contributed by atoms with Crippen LogP contribution in [-0.2, 0) is 16.1 Å². The van der Waals surface area contributed by atoms with Crippen molar-refractivity contribution in [3.8, 4) is 0 Å². The maximum Gasteiger partial charge on any atom is 0.340 e. The molecule has 3 rings (SSSR count). The number of ether oxygens (including phenoxy) is 1. The van der Waals surface area contributed by atoms with E-state index >= 15 is 0 Å². The summed E-state index contributed by atoms with van der Waals surface area (Å²) in [4.78, 5) is 30.1. The zero-order valence-electron chi connectivity index (χ0n) is 15.9. The fraction of sp³-hybridized carbons (Fsp3) is 0.300. The van der Waals surface area contributed by atoms with Crippen LogP contribution in [-0.4, -0.2) is 45.2 Å². The molecule has 0 saturated heterocycles. The van der Waals surface area contributed by atoms with E-state index in [9.17, 15) is 14.0 Å². The van der Waals surface area contributed by atoms with Crippen LogP contribution >= 0.6 is 0 Å². The third-order valence-corrected chi connectivity index (χ3v) is 4.24. The first-order valence-electron chi connectivity index (χ1n) is 8.84. The van der Waals surface area contributed by atoms with Gasteiger partial charge in [0, 0.05) is 31.2 Å². The van der Waals surface area contributed by atoms with Crippen molar-refractivity contribution in [1.29, 1.82) is 0 Å². The number of hydrogen-bond donors (Lipinski definition) is 0. The molecule has 0 N–H and O–H groups in total. The number of pyridine rings is 1. The van der Waals surface area contributed by atoms with Crippen LogP contribution in [0.5, 0.6) is 0 Å². The van der Waals surface area contributed by atoms with E-state index in [2.05, 4.69) is 10.1 Å². The van der Waals surface area contributed by atoms with Crippen LogP contribution in [0.1, 0.15) is 35.8 Å². The summed E-state index contributed by atoms with van der Waals surface area (Å²) in [7, 11) is 1.59. The molecule has 146 valence electrons. The van der Waals surface area contributed by atoms with Crippen molar-refractivity contribution >= 4 is 22.9 Å². The smallest absolute Gasteiger partial charge is 0.340 e. The minimum atomic E-state index is -0.629. The molecule has 0 bridgehead atoms. The van der Waals surface area contributed by atoms with E-state index < -0.39 is 5.97 Å². The monoisotopic (exact) mass is 384 g/mol. The van der Waals surface area contributed by atoms with Crippen molar-refractivity contribution in [2.75, 3.05) is 13.7 Å². The molecular weight excluding hydrogens is 363 g/mol. The number of rotatable bonds is 6. The lowest BCUT2D eigenvalue weighted by Gasteiger charge is -2.17. The van der Waals surface area contributed by atoms with Crippen LogP contribution in [0.15, 0.2) is 42.7 Å². The van der Waals surface area contributed by atoms with Gasteiger partial charge < -0.3 is 9.64 Å². The van der Waals surface area contributed by atoms with Crippen LogP contribution in [0.2, 0.25) is 0 Å². The average molecular weight is 384 g/mol. The molecule has 2 aromatic heterocycles. The number of likely N-dealkylation sites (N-methyl/N-ethyl adjacent to an activating group) is 1. The zero-order valence-corrected chi connectivity index (χ0v) is 15.9. The molecule has 0 spiro atoms. The van der Waals surface area contributed by atoms with Crippen molar-refractivity contribution in [3.05, 3.63) is 59.7 Å². The van der Waals surface area contributed by atoms with Crippen LogP contribution in [0.3, 0.4) is 0 Å². The van der Waals surface area contributed by atoms with E-state index in [-0.39, 0.29) is 29.9 Å². The highest BCUT2D eigenvalue weighted by atomic mass is 19.1. The highest BCUT2D eigenvalue weighted by Crippen LogP contribution is 2.17. The number of nitrogens with zero attached hydrogens (tertiary/aromatic N) is 4. The Morgan fingerprint density at radius 2 is 1.93 bits per heavy atom. The van der Waals surface area contributed by atoms with Gasteiger partial charge in [0.1, 0.15) is 5.82 Å². The molecular formula is C20H21FN4O3. The normalized spacial score (nSPS) is 11.0. The number of hydrogen-bond acceptors (Lipinski definition) is 5. The molecule has 0 aliphatic heterocycles.